The molecule has 0 saturated carbocycles. The molecule has 4 amide bonds. The smallest absolute Gasteiger partial charge is 0.317 e. The number of ether oxygens (including phenoxy) is 2. The highest BCUT2D eigenvalue weighted by Crippen LogP contribution is 2.44. The van der Waals surface area contributed by atoms with Crippen molar-refractivity contribution >= 4 is 12.1 Å². The maximum atomic E-state index is 13.9. The second-order valence-corrected chi connectivity index (χ2v) is 16.4. The van der Waals surface area contributed by atoms with Gasteiger partial charge in [-0.15, -0.1) is 0 Å². The van der Waals surface area contributed by atoms with Crippen LogP contribution in [0.3, 0.4) is 0 Å². The van der Waals surface area contributed by atoms with Crippen LogP contribution in [0.4, 0.5) is 14.0 Å². The molecule has 2 aromatic rings. The van der Waals surface area contributed by atoms with Crippen LogP contribution in [0.2, 0.25) is 0 Å². The molecular weight excluding hydrogens is 712 g/mol. The number of hydrogen-bond donors (Lipinski definition) is 5. The number of benzene rings is 2. The van der Waals surface area contributed by atoms with E-state index in [1.54, 1.807) is 19.2 Å². The Morgan fingerprint density at radius 2 is 1.45 bits per heavy atom. The lowest BCUT2D eigenvalue weighted by Crippen LogP contribution is -2.54. The number of nitrogens with zero attached hydrogens (tertiary/aromatic N) is 2. The fraction of sp³-hybridized carbons (Fsp3) is 0.682. The lowest BCUT2D eigenvalue weighted by atomic mass is 9.73. The van der Waals surface area contributed by atoms with Crippen LogP contribution in [0, 0.1) is 23.6 Å². The van der Waals surface area contributed by atoms with Gasteiger partial charge in [-0.1, -0.05) is 52.0 Å². The van der Waals surface area contributed by atoms with Crippen LogP contribution in [0.1, 0.15) is 97.5 Å². The van der Waals surface area contributed by atoms with Gasteiger partial charge in [0, 0.05) is 82.6 Å². The average molecular weight is 785 g/mol. The van der Waals surface area contributed by atoms with Crippen molar-refractivity contribution in [3.63, 3.8) is 0 Å². The highest BCUT2D eigenvalue weighted by molar-refractivity contribution is 5.75. The zero-order valence-electron chi connectivity index (χ0n) is 35.4. The number of para-hydroxylation sites is 1. The van der Waals surface area contributed by atoms with E-state index >= 15 is 0 Å². The molecule has 4 rings (SSSR count). The Morgan fingerprint density at radius 3 is 2.04 bits per heavy atom. The third kappa shape index (κ3) is 15.8. The normalized spacial score (nSPS) is 18.1. The van der Waals surface area contributed by atoms with Crippen molar-refractivity contribution in [2.75, 3.05) is 67.1 Å². The maximum absolute atomic E-state index is 13.9. The number of unbranched alkanes of at least 4 members (excludes halogenated alkanes) is 1. The van der Waals surface area contributed by atoms with Gasteiger partial charge in [-0.05, 0) is 108 Å². The van der Waals surface area contributed by atoms with Gasteiger partial charge in [-0.3, -0.25) is 0 Å². The van der Waals surface area contributed by atoms with Crippen LogP contribution in [0.15, 0.2) is 48.5 Å². The summed E-state index contributed by atoms with van der Waals surface area (Å²) >= 11 is 0. The second-order valence-electron chi connectivity index (χ2n) is 16.4. The van der Waals surface area contributed by atoms with Gasteiger partial charge >= 0.3 is 12.1 Å². The molecule has 0 aromatic heterocycles. The largest absolute Gasteiger partial charge is 0.457 e. The molecule has 0 bridgehead atoms. The lowest BCUT2D eigenvalue weighted by Gasteiger charge is -2.43. The van der Waals surface area contributed by atoms with E-state index in [4.69, 9.17) is 9.47 Å². The molecule has 11 nitrogen and oxygen atoms in total. The number of rotatable bonds is 19. The number of carbonyl (C=O) groups excluding carboxylic acids is 2. The zero-order valence-corrected chi connectivity index (χ0v) is 35.4. The minimum Gasteiger partial charge on any atom is -0.457 e. The van der Waals surface area contributed by atoms with Gasteiger partial charge in [0.15, 0.2) is 0 Å². The third-order valence-corrected chi connectivity index (χ3v) is 10.6. The Kier molecular flexibility index (Phi) is 21.0. The molecule has 0 aliphatic carbocycles. The quantitative estimate of drug-likeness (QED) is 0.0935. The van der Waals surface area contributed by atoms with E-state index in [1.807, 2.05) is 48.2 Å². The number of aliphatic hydroxyl groups is 1. The number of halogens is 1. The molecule has 2 fully saturated rings. The molecule has 0 unspecified atom stereocenters. The van der Waals surface area contributed by atoms with E-state index in [1.165, 1.54) is 18.6 Å². The van der Waals surface area contributed by atoms with Crippen molar-refractivity contribution in [2.24, 2.45) is 17.8 Å². The first-order valence-electron chi connectivity index (χ1n) is 21.0. The van der Waals surface area contributed by atoms with Crippen LogP contribution >= 0.6 is 0 Å². The molecule has 0 radical (unpaired) electrons. The van der Waals surface area contributed by atoms with Crippen molar-refractivity contribution in [1.82, 2.24) is 31.1 Å². The molecule has 56 heavy (non-hydrogen) atoms. The number of urea groups is 2. The number of methoxy groups -OCH3 is 1. The minimum atomic E-state index is -1.24. The van der Waals surface area contributed by atoms with Crippen LogP contribution in [0.5, 0.6) is 11.5 Å². The molecule has 316 valence electrons. The summed E-state index contributed by atoms with van der Waals surface area (Å²) in [5, 5.41) is 25.1. The molecule has 0 spiro atoms. The molecule has 2 aromatic carbocycles. The Balaban J connectivity index is 0.000000413. The SMILES string of the molecule is CNC[C@H](CC(C)C)NC(=O)N1CCCCC1.CNC[C@H](CC(C)C)NC(=O)N1CCC[C@@H]([C@@](O)(CCCCOC)c2ccccc2Oc2cccc(F)c2)C1. The van der Waals surface area contributed by atoms with Gasteiger partial charge in [0.05, 0.1) is 5.60 Å². The maximum Gasteiger partial charge on any atom is 0.317 e. The molecule has 2 saturated heterocycles. The summed E-state index contributed by atoms with van der Waals surface area (Å²) in [5.41, 5.74) is -0.578. The number of likely N-dealkylation sites (tertiary alicyclic amines) is 2. The van der Waals surface area contributed by atoms with Crippen LogP contribution < -0.4 is 26.0 Å². The van der Waals surface area contributed by atoms with Crippen molar-refractivity contribution in [1.29, 1.82) is 0 Å². The van der Waals surface area contributed by atoms with Crippen LogP contribution in [-0.4, -0.2) is 106 Å². The van der Waals surface area contributed by atoms with Crippen LogP contribution in [0.25, 0.3) is 0 Å². The number of amides is 4. The minimum absolute atomic E-state index is 0.0381. The summed E-state index contributed by atoms with van der Waals surface area (Å²) in [4.78, 5) is 29.2. The number of piperidine rings is 2. The fourth-order valence-electron chi connectivity index (χ4n) is 7.97. The first kappa shape index (κ1) is 46.9. The van der Waals surface area contributed by atoms with Crippen molar-refractivity contribution < 1.29 is 28.6 Å². The number of nitrogens with one attached hydrogen (secondary N) is 4. The first-order valence-corrected chi connectivity index (χ1v) is 21.0. The lowest BCUT2D eigenvalue weighted by molar-refractivity contribution is -0.0575. The van der Waals surface area contributed by atoms with Gasteiger partial charge in [-0.2, -0.15) is 0 Å². The van der Waals surface area contributed by atoms with E-state index in [9.17, 15) is 19.1 Å². The first-order chi connectivity index (χ1) is 26.9. The summed E-state index contributed by atoms with van der Waals surface area (Å²) in [6.07, 6.45) is 9.10. The summed E-state index contributed by atoms with van der Waals surface area (Å²) in [7, 11) is 5.50. The number of hydrogen-bond acceptors (Lipinski definition) is 7. The predicted molar refractivity (Wildman–Crippen MR) is 224 cm³/mol. The monoisotopic (exact) mass is 785 g/mol. The molecule has 4 atom stereocenters. The molecule has 2 heterocycles. The van der Waals surface area contributed by atoms with E-state index in [2.05, 4.69) is 49.0 Å². The molecule has 2 aliphatic rings. The Morgan fingerprint density at radius 1 is 0.839 bits per heavy atom. The third-order valence-electron chi connectivity index (χ3n) is 10.6. The molecular formula is C44H73FN6O5. The van der Waals surface area contributed by atoms with Gasteiger partial charge in [-0.25, -0.2) is 14.0 Å². The molecule has 12 heteroatoms. The summed E-state index contributed by atoms with van der Waals surface area (Å²) in [6.45, 7) is 13.8. The Labute approximate surface area is 336 Å². The zero-order chi connectivity index (χ0) is 40.9. The summed E-state index contributed by atoms with van der Waals surface area (Å²) in [6, 6.07) is 13.7. The van der Waals surface area contributed by atoms with E-state index in [0.717, 1.165) is 71.0 Å². The second kappa shape index (κ2) is 25.0. The van der Waals surface area contributed by atoms with E-state index < -0.39 is 5.60 Å². The average Bonchev–Trinajstić information content (AvgIpc) is 3.17. The number of carbonyl (C=O) groups is 2. The molecule has 5 N–H and O–H groups in total. The van der Waals surface area contributed by atoms with Crippen LogP contribution in [-0.2, 0) is 10.3 Å². The van der Waals surface area contributed by atoms with Gasteiger partial charge in [0.25, 0.3) is 0 Å². The van der Waals surface area contributed by atoms with Crippen molar-refractivity contribution in [3.05, 3.63) is 59.9 Å². The Bertz CT molecular complexity index is 1430. The van der Waals surface area contributed by atoms with Gasteiger partial charge in [0.2, 0.25) is 0 Å². The Hall–Kier alpha value is -3.45. The highest BCUT2D eigenvalue weighted by atomic mass is 19.1. The highest BCUT2D eigenvalue weighted by Gasteiger charge is 2.43. The van der Waals surface area contributed by atoms with Crippen molar-refractivity contribution in [2.45, 2.75) is 110 Å². The van der Waals surface area contributed by atoms with Gasteiger partial charge < -0.3 is 45.6 Å². The van der Waals surface area contributed by atoms with Gasteiger partial charge in [0.1, 0.15) is 17.3 Å². The summed E-state index contributed by atoms with van der Waals surface area (Å²) in [5.74, 6) is 1.35. The topological polar surface area (TPSA) is 127 Å². The predicted octanol–water partition coefficient (Wildman–Crippen LogP) is 7.49. The molecule has 2 aliphatic heterocycles. The number of likely N-dealkylation sites (N-methyl/N-ethyl adjacent to an activating group) is 2. The van der Waals surface area contributed by atoms with E-state index in [-0.39, 0.29) is 35.9 Å². The van der Waals surface area contributed by atoms with Crippen molar-refractivity contribution in [3.8, 4) is 11.5 Å². The standard InChI is InChI=1S/C31H46FN3O4.C13H27N3O/c1-23(2)19-26(21-33-3)34-30(36)35-17-10-11-24(22-35)31(37,16-7-8-18-38-4)28-14-5-6-15-29(28)39-27-13-9-12-25(32)20-27;1-11(2)9-12(10-14-3)15-13(17)16-7-5-4-6-8-16/h5-6,9,12-15,20,23-24,26,33,37H,7-8,10-11,16-19,21-22H2,1-4H3,(H,34,36);11-12,14H,4-10H2,1-3H3,(H,15,17)/t24-,26+,31+;12-/m10/s1. The summed E-state index contributed by atoms with van der Waals surface area (Å²) < 4.78 is 25.2. The fourth-order valence-corrected chi connectivity index (χ4v) is 7.97. The van der Waals surface area contributed by atoms with E-state index in [0.29, 0.717) is 61.6 Å².